The van der Waals surface area contributed by atoms with Crippen molar-refractivity contribution < 1.29 is 13.5 Å². The van der Waals surface area contributed by atoms with Crippen LogP contribution in [0.25, 0.3) is 0 Å². The third kappa shape index (κ3) is 4.46. The van der Waals surface area contributed by atoms with Crippen molar-refractivity contribution in [2.75, 3.05) is 33.8 Å². The van der Waals surface area contributed by atoms with Crippen molar-refractivity contribution in [3.63, 3.8) is 0 Å². The first-order valence-electron chi connectivity index (χ1n) is 7.53. The summed E-state index contributed by atoms with van der Waals surface area (Å²) >= 11 is 0. The molecule has 1 aliphatic heterocycles. The number of hydrogen-bond acceptors (Lipinski definition) is 3. The molecule has 0 radical (unpaired) electrons. The highest BCUT2D eigenvalue weighted by Gasteiger charge is 2.21. The van der Waals surface area contributed by atoms with E-state index in [9.17, 15) is 8.78 Å². The molecule has 0 aromatic heterocycles. The number of ether oxygens (including phenoxy) is 1. The van der Waals surface area contributed by atoms with Crippen LogP contribution in [0.3, 0.4) is 0 Å². The summed E-state index contributed by atoms with van der Waals surface area (Å²) in [6, 6.07) is 4.08. The maximum atomic E-state index is 13.9. The summed E-state index contributed by atoms with van der Waals surface area (Å²) in [7, 11) is 3.75. The highest BCUT2D eigenvalue weighted by Crippen LogP contribution is 2.21. The third-order valence-electron chi connectivity index (χ3n) is 3.99. The second kappa shape index (κ2) is 7.82. The number of benzene rings is 1. The zero-order valence-electron chi connectivity index (χ0n) is 12.7. The molecule has 0 amide bonds. The van der Waals surface area contributed by atoms with E-state index in [1.54, 1.807) is 19.2 Å². The number of hydrogen-bond donors (Lipinski definition) is 1. The number of rotatable bonds is 6. The molecule has 0 aliphatic carbocycles. The van der Waals surface area contributed by atoms with E-state index in [1.165, 1.54) is 6.42 Å². The van der Waals surface area contributed by atoms with Gasteiger partial charge in [-0.05, 0) is 39.4 Å². The van der Waals surface area contributed by atoms with Crippen LogP contribution in [0.15, 0.2) is 18.2 Å². The molecule has 0 saturated carbocycles. The predicted molar refractivity (Wildman–Crippen MR) is 79.2 cm³/mol. The van der Waals surface area contributed by atoms with Crippen LogP contribution in [0.2, 0.25) is 0 Å². The van der Waals surface area contributed by atoms with Crippen molar-refractivity contribution >= 4 is 0 Å². The van der Waals surface area contributed by atoms with Crippen molar-refractivity contribution in [3.05, 3.63) is 35.4 Å². The zero-order chi connectivity index (χ0) is 15.2. The number of nitrogens with zero attached hydrogens (tertiary/aromatic N) is 1. The molecule has 1 saturated heterocycles. The second-order valence-electron chi connectivity index (χ2n) is 5.69. The van der Waals surface area contributed by atoms with Crippen LogP contribution in [0, 0.1) is 11.6 Å². The van der Waals surface area contributed by atoms with Gasteiger partial charge in [-0.2, -0.15) is 0 Å². The SMILES string of the molecule is CNC(CN(C)CC1CCCCO1)c1cccc(F)c1F. The number of halogens is 2. The maximum Gasteiger partial charge on any atom is 0.163 e. The Kier molecular flexibility index (Phi) is 6.08. The van der Waals surface area contributed by atoms with Gasteiger partial charge in [0.05, 0.1) is 6.10 Å². The number of nitrogens with one attached hydrogen (secondary N) is 1. The first kappa shape index (κ1) is 16.3. The molecule has 0 bridgehead atoms. The van der Waals surface area contributed by atoms with Crippen LogP contribution in [0.5, 0.6) is 0 Å². The Bertz CT molecular complexity index is 450. The van der Waals surface area contributed by atoms with Gasteiger partial charge in [0.15, 0.2) is 11.6 Å². The first-order valence-corrected chi connectivity index (χ1v) is 7.53. The molecule has 1 aromatic rings. The summed E-state index contributed by atoms with van der Waals surface area (Å²) in [5.41, 5.74) is 0.369. The molecular formula is C16H24F2N2O. The average Bonchev–Trinajstić information content (AvgIpc) is 2.49. The van der Waals surface area contributed by atoms with Crippen LogP contribution in [-0.2, 0) is 4.74 Å². The third-order valence-corrected chi connectivity index (χ3v) is 3.99. The molecule has 3 nitrogen and oxygen atoms in total. The highest BCUT2D eigenvalue weighted by atomic mass is 19.2. The molecule has 1 N–H and O–H groups in total. The number of likely N-dealkylation sites (N-methyl/N-ethyl adjacent to an activating group) is 2. The molecule has 118 valence electrons. The van der Waals surface area contributed by atoms with Crippen LogP contribution in [0.1, 0.15) is 30.9 Å². The molecule has 1 aromatic carbocycles. The first-order chi connectivity index (χ1) is 10.1. The van der Waals surface area contributed by atoms with Crippen molar-refractivity contribution in [2.24, 2.45) is 0 Å². The van der Waals surface area contributed by atoms with E-state index in [0.717, 1.165) is 32.1 Å². The zero-order valence-corrected chi connectivity index (χ0v) is 12.7. The van der Waals surface area contributed by atoms with E-state index in [1.807, 2.05) is 7.05 Å². The molecule has 1 fully saturated rings. The Labute approximate surface area is 125 Å². The molecular weight excluding hydrogens is 274 g/mol. The Hall–Kier alpha value is -1.04. The Morgan fingerprint density at radius 3 is 2.86 bits per heavy atom. The minimum Gasteiger partial charge on any atom is -0.377 e. The topological polar surface area (TPSA) is 24.5 Å². The molecule has 2 rings (SSSR count). The van der Waals surface area contributed by atoms with Crippen LogP contribution >= 0.6 is 0 Å². The van der Waals surface area contributed by atoms with Crippen LogP contribution in [0.4, 0.5) is 8.78 Å². The monoisotopic (exact) mass is 298 g/mol. The van der Waals surface area contributed by atoms with Gasteiger partial charge in [-0.15, -0.1) is 0 Å². The van der Waals surface area contributed by atoms with Crippen molar-refractivity contribution in [1.29, 1.82) is 0 Å². The van der Waals surface area contributed by atoms with Crippen LogP contribution in [-0.4, -0.2) is 44.8 Å². The fraction of sp³-hybridized carbons (Fsp3) is 0.625. The largest absolute Gasteiger partial charge is 0.377 e. The van der Waals surface area contributed by atoms with Gasteiger partial charge in [-0.1, -0.05) is 12.1 Å². The van der Waals surface area contributed by atoms with Crippen molar-refractivity contribution in [1.82, 2.24) is 10.2 Å². The van der Waals surface area contributed by atoms with Gasteiger partial charge in [0.25, 0.3) is 0 Å². The Morgan fingerprint density at radius 2 is 2.19 bits per heavy atom. The lowest BCUT2D eigenvalue weighted by Crippen LogP contribution is -2.38. The van der Waals surface area contributed by atoms with E-state index < -0.39 is 11.6 Å². The molecule has 2 atom stereocenters. The van der Waals surface area contributed by atoms with E-state index in [0.29, 0.717) is 12.1 Å². The van der Waals surface area contributed by atoms with E-state index in [-0.39, 0.29) is 12.1 Å². The van der Waals surface area contributed by atoms with Gasteiger partial charge in [-0.3, -0.25) is 0 Å². The van der Waals surface area contributed by atoms with Gasteiger partial charge in [0.2, 0.25) is 0 Å². The molecule has 1 heterocycles. The quantitative estimate of drug-likeness (QED) is 0.874. The van der Waals surface area contributed by atoms with Crippen LogP contribution < -0.4 is 5.32 Å². The van der Waals surface area contributed by atoms with Gasteiger partial charge in [0, 0.05) is 31.3 Å². The smallest absolute Gasteiger partial charge is 0.163 e. The molecule has 21 heavy (non-hydrogen) atoms. The lowest BCUT2D eigenvalue weighted by molar-refractivity contribution is -0.00259. The molecule has 0 spiro atoms. The predicted octanol–water partition coefficient (Wildman–Crippen LogP) is 2.73. The average molecular weight is 298 g/mol. The normalized spacial score (nSPS) is 20.7. The maximum absolute atomic E-state index is 13.9. The molecule has 5 heteroatoms. The van der Waals surface area contributed by atoms with Gasteiger partial charge in [0.1, 0.15) is 0 Å². The van der Waals surface area contributed by atoms with E-state index in [2.05, 4.69) is 10.2 Å². The van der Waals surface area contributed by atoms with Gasteiger partial charge in [-0.25, -0.2) is 8.78 Å². The minimum absolute atomic E-state index is 0.241. The van der Waals surface area contributed by atoms with E-state index in [4.69, 9.17) is 4.74 Å². The fourth-order valence-electron chi connectivity index (χ4n) is 2.82. The summed E-state index contributed by atoms with van der Waals surface area (Å²) in [4.78, 5) is 2.11. The highest BCUT2D eigenvalue weighted by molar-refractivity contribution is 5.22. The summed E-state index contributed by atoms with van der Waals surface area (Å²) in [6.45, 7) is 2.25. The lowest BCUT2D eigenvalue weighted by atomic mass is 10.0. The standard InChI is InChI=1S/C16H24F2N2O/c1-19-15(13-7-5-8-14(17)16(13)18)11-20(2)10-12-6-3-4-9-21-12/h5,7-8,12,15,19H,3-4,6,9-11H2,1-2H3. The van der Waals surface area contributed by atoms with Crippen molar-refractivity contribution in [3.8, 4) is 0 Å². The summed E-state index contributed by atoms with van der Waals surface area (Å²) in [5.74, 6) is -1.56. The molecule has 2 unspecified atom stereocenters. The van der Waals surface area contributed by atoms with Gasteiger partial charge >= 0.3 is 0 Å². The van der Waals surface area contributed by atoms with Crippen molar-refractivity contribution in [2.45, 2.75) is 31.4 Å². The Morgan fingerprint density at radius 1 is 1.38 bits per heavy atom. The summed E-state index contributed by atoms with van der Waals surface area (Å²) in [6.07, 6.45) is 3.65. The summed E-state index contributed by atoms with van der Waals surface area (Å²) < 4.78 is 33.0. The minimum atomic E-state index is -0.800. The summed E-state index contributed by atoms with van der Waals surface area (Å²) in [5, 5.41) is 3.07. The second-order valence-corrected chi connectivity index (χ2v) is 5.69. The van der Waals surface area contributed by atoms with Gasteiger partial charge < -0.3 is 15.0 Å². The fourth-order valence-corrected chi connectivity index (χ4v) is 2.82. The lowest BCUT2D eigenvalue weighted by Gasteiger charge is -2.30. The Balaban J connectivity index is 1.96. The molecule has 1 aliphatic rings. The van der Waals surface area contributed by atoms with E-state index >= 15 is 0 Å².